The predicted molar refractivity (Wildman–Crippen MR) is 138 cm³/mol. The summed E-state index contributed by atoms with van der Waals surface area (Å²) in [5.74, 6) is -1.76. The number of carbonyl (C=O) groups is 3. The van der Waals surface area contributed by atoms with Gasteiger partial charge in [-0.1, -0.05) is 42.0 Å². The highest BCUT2D eigenvalue weighted by Crippen LogP contribution is 2.35. The zero-order valence-electron chi connectivity index (χ0n) is 21.0. The number of anilines is 1. The smallest absolute Gasteiger partial charge is 0.296 e. The Kier molecular flexibility index (Phi) is 7.86. The van der Waals surface area contributed by atoms with Crippen LogP contribution >= 0.6 is 0 Å². The van der Waals surface area contributed by atoms with Crippen LogP contribution in [0.1, 0.15) is 50.6 Å². The third-order valence-electron chi connectivity index (χ3n) is 6.65. The van der Waals surface area contributed by atoms with Gasteiger partial charge in [0.1, 0.15) is 11.4 Å². The molecule has 192 valence electrons. The molecule has 0 unspecified atom stereocenters. The summed E-state index contributed by atoms with van der Waals surface area (Å²) in [5.41, 5.74) is 2.82. The van der Waals surface area contributed by atoms with Crippen LogP contribution in [0.5, 0.6) is 11.5 Å². The van der Waals surface area contributed by atoms with E-state index in [0.29, 0.717) is 42.9 Å². The van der Waals surface area contributed by atoms with E-state index in [2.05, 4.69) is 5.32 Å². The van der Waals surface area contributed by atoms with E-state index in [1.807, 2.05) is 19.1 Å². The van der Waals surface area contributed by atoms with Gasteiger partial charge in [-0.25, -0.2) is 4.39 Å². The van der Waals surface area contributed by atoms with E-state index in [1.165, 1.54) is 26.4 Å². The number of methoxy groups -OCH3 is 2. The second-order valence-electron chi connectivity index (χ2n) is 9.00. The molecular weight excluding hydrogens is 475 g/mol. The van der Waals surface area contributed by atoms with Crippen molar-refractivity contribution in [2.24, 2.45) is 0 Å². The van der Waals surface area contributed by atoms with Crippen LogP contribution in [0.25, 0.3) is 0 Å². The summed E-state index contributed by atoms with van der Waals surface area (Å²) in [5, 5.41) is 2.65. The average molecular weight is 505 g/mol. The summed E-state index contributed by atoms with van der Waals surface area (Å²) in [7, 11) is 2.82. The number of rotatable bonds is 7. The molecule has 1 fully saturated rings. The van der Waals surface area contributed by atoms with Gasteiger partial charge >= 0.3 is 0 Å². The average Bonchev–Trinajstić information content (AvgIpc) is 2.93. The monoisotopic (exact) mass is 504 g/mol. The van der Waals surface area contributed by atoms with E-state index in [-0.39, 0.29) is 17.2 Å². The normalized spacial score (nSPS) is 13.7. The molecule has 0 aliphatic carbocycles. The number of hydrogen-bond acceptors (Lipinski definition) is 5. The van der Waals surface area contributed by atoms with Crippen molar-refractivity contribution >= 4 is 23.3 Å². The lowest BCUT2D eigenvalue weighted by Gasteiger charge is -2.32. The van der Waals surface area contributed by atoms with Crippen LogP contribution in [0.2, 0.25) is 0 Å². The fraction of sp³-hybridized carbons (Fsp3) is 0.276. The predicted octanol–water partition coefficient (Wildman–Crippen LogP) is 4.99. The summed E-state index contributed by atoms with van der Waals surface area (Å²) < 4.78 is 25.0. The second kappa shape index (κ2) is 11.2. The van der Waals surface area contributed by atoms with Gasteiger partial charge in [0.05, 0.1) is 14.2 Å². The molecule has 37 heavy (non-hydrogen) atoms. The largest absolute Gasteiger partial charge is 0.493 e. The van der Waals surface area contributed by atoms with Crippen molar-refractivity contribution in [3.63, 3.8) is 0 Å². The van der Waals surface area contributed by atoms with Gasteiger partial charge in [-0.15, -0.1) is 0 Å². The van der Waals surface area contributed by atoms with E-state index >= 15 is 0 Å². The molecule has 2 amide bonds. The van der Waals surface area contributed by atoms with Crippen molar-refractivity contribution in [3.05, 3.63) is 88.7 Å². The molecule has 0 saturated carbocycles. The molecule has 0 spiro atoms. The SMILES string of the molecule is COc1ccc(F)c(C(=O)N2CCC(c3ccc(NC(=O)C(=O)c4ccc(C)cc4)cc3)CC2)c1OC. The maximum atomic E-state index is 14.6. The molecule has 1 N–H and O–H groups in total. The first-order valence-electron chi connectivity index (χ1n) is 12.0. The van der Waals surface area contributed by atoms with Gasteiger partial charge in [-0.05, 0) is 55.5 Å². The molecule has 3 aromatic carbocycles. The van der Waals surface area contributed by atoms with E-state index in [0.717, 1.165) is 11.1 Å². The highest BCUT2D eigenvalue weighted by Gasteiger charge is 2.30. The molecule has 4 rings (SSSR count). The maximum Gasteiger partial charge on any atom is 0.296 e. The van der Waals surface area contributed by atoms with Crippen LogP contribution in [0.4, 0.5) is 10.1 Å². The molecule has 1 aliphatic rings. The molecule has 0 bridgehead atoms. The molecule has 3 aromatic rings. The van der Waals surface area contributed by atoms with E-state index in [1.54, 1.807) is 41.3 Å². The highest BCUT2D eigenvalue weighted by atomic mass is 19.1. The minimum Gasteiger partial charge on any atom is -0.493 e. The van der Waals surface area contributed by atoms with Gasteiger partial charge in [-0.3, -0.25) is 14.4 Å². The lowest BCUT2D eigenvalue weighted by Crippen LogP contribution is -2.38. The van der Waals surface area contributed by atoms with Crippen LogP contribution in [-0.2, 0) is 4.79 Å². The molecule has 0 atom stereocenters. The number of carbonyl (C=O) groups excluding carboxylic acids is 3. The summed E-state index contributed by atoms with van der Waals surface area (Å²) in [6, 6.07) is 16.9. The number of nitrogens with one attached hydrogen (secondary N) is 1. The van der Waals surface area contributed by atoms with Gasteiger partial charge in [0.25, 0.3) is 17.6 Å². The lowest BCUT2D eigenvalue weighted by atomic mass is 9.89. The zero-order chi connectivity index (χ0) is 26.5. The third-order valence-corrected chi connectivity index (χ3v) is 6.65. The van der Waals surface area contributed by atoms with Crippen LogP contribution in [-0.4, -0.2) is 49.8 Å². The molecule has 1 saturated heterocycles. The molecule has 1 heterocycles. The first-order valence-corrected chi connectivity index (χ1v) is 12.0. The summed E-state index contributed by atoms with van der Waals surface area (Å²) in [6.45, 7) is 2.84. The Balaban J connectivity index is 1.36. The fourth-order valence-electron chi connectivity index (χ4n) is 4.54. The van der Waals surface area contributed by atoms with E-state index < -0.39 is 23.4 Å². The van der Waals surface area contributed by atoms with Gasteiger partial charge < -0.3 is 19.7 Å². The van der Waals surface area contributed by atoms with E-state index in [4.69, 9.17) is 9.47 Å². The zero-order valence-corrected chi connectivity index (χ0v) is 21.0. The van der Waals surface area contributed by atoms with Crippen LogP contribution in [0.3, 0.4) is 0 Å². The van der Waals surface area contributed by atoms with Crippen molar-refractivity contribution in [2.75, 3.05) is 32.6 Å². The van der Waals surface area contributed by atoms with Crippen molar-refractivity contribution in [1.29, 1.82) is 0 Å². The number of ketones is 1. The Morgan fingerprint density at radius 3 is 2.14 bits per heavy atom. The number of aryl methyl sites for hydroxylation is 1. The molecule has 7 nitrogen and oxygen atoms in total. The highest BCUT2D eigenvalue weighted by molar-refractivity contribution is 6.46. The number of halogens is 1. The first-order chi connectivity index (χ1) is 17.8. The number of ether oxygens (including phenoxy) is 2. The second-order valence-corrected chi connectivity index (χ2v) is 9.00. The molecule has 0 aromatic heterocycles. The Morgan fingerprint density at radius 1 is 0.892 bits per heavy atom. The lowest BCUT2D eigenvalue weighted by molar-refractivity contribution is -0.112. The topological polar surface area (TPSA) is 84.9 Å². The number of Topliss-reactive ketones (excluding diaryl/α,β-unsaturated/α-hetero) is 1. The standard InChI is InChI=1S/C29H29FN2O5/c1-18-4-6-21(7-5-18)26(33)28(34)31-22-10-8-19(9-11-22)20-14-16-32(17-15-20)29(35)25-23(30)12-13-24(36-2)27(25)37-3/h4-13,20H,14-17H2,1-3H3,(H,31,34). The number of piperidine rings is 1. The number of nitrogens with zero attached hydrogens (tertiary/aromatic N) is 1. The Hall–Kier alpha value is -4.20. The molecular formula is C29H29FN2O5. The molecule has 1 aliphatic heterocycles. The minimum absolute atomic E-state index is 0.0909. The van der Waals surface area contributed by atoms with Crippen molar-refractivity contribution in [1.82, 2.24) is 4.90 Å². The van der Waals surface area contributed by atoms with Crippen LogP contribution < -0.4 is 14.8 Å². The minimum atomic E-state index is -0.691. The first kappa shape index (κ1) is 25.9. The Labute approximate surface area is 215 Å². The molecule has 8 heteroatoms. The van der Waals surface area contributed by atoms with Crippen molar-refractivity contribution < 1.29 is 28.2 Å². The number of benzene rings is 3. The summed E-state index contributed by atoms with van der Waals surface area (Å²) >= 11 is 0. The molecule has 0 radical (unpaired) electrons. The van der Waals surface area contributed by atoms with Crippen molar-refractivity contribution in [3.8, 4) is 11.5 Å². The Morgan fingerprint density at radius 2 is 1.54 bits per heavy atom. The van der Waals surface area contributed by atoms with Crippen molar-refractivity contribution in [2.45, 2.75) is 25.7 Å². The van der Waals surface area contributed by atoms with Gasteiger partial charge in [-0.2, -0.15) is 0 Å². The fourth-order valence-corrected chi connectivity index (χ4v) is 4.54. The number of hydrogen-bond donors (Lipinski definition) is 1. The maximum absolute atomic E-state index is 14.6. The van der Waals surface area contributed by atoms with Crippen LogP contribution in [0, 0.1) is 12.7 Å². The number of amides is 2. The van der Waals surface area contributed by atoms with Gasteiger partial charge in [0.2, 0.25) is 0 Å². The van der Waals surface area contributed by atoms with E-state index in [9.17, 15) is 18.8 Å². The van der Waals surface area contributed by atoms with Crippen LogP contribution in [0.15, 0.2) is 60.7 Å². The third kappa shape index (κ3) is 5.63. The van der Waals surface area contributed by atoms with Gasteiger partial charge in [0.15, 0.2) is 11.5 Å². The Bertz CT molecular complexity index is 1300. The van der Waals surface area contributed by atoms with Gasteiger partial charge in [0, 0.05) is 24.3 Å². The summed E-state index contributed by atoms with van der Waals surface area (Å²) in [6.07, 6.45) is 1.41. The quantitative estimate of drug-likeness (QED) is 0.362. The number of likely N-dealkylation sites (tertiary alicyclic amines) is 1. The summed E-state index contributed by atoms with van der Waals surface area (Å²) in [4.78, 5) is 39.5.